The van der Waals surface area contributed by atoms with Gasteiger partial charge in [0.2, 0.25) is 0 Å². The van der Waals surface area contributed by atoms with Gasteiger partial charge in [-0.05, 0) is 67.4 Å². The molecule has 0 saturated heterocycles. The second-order valence-electron chi connectivity index (χ2n) is 14.0. The summed E-state index contributed by atoms with van der Waals surface area (Å²) in [5.74, 6) is 0.711. The Morgan fingerprint density at radius 2 is 0.963 bits per heavy atom. The summed E-state index contributed by atoms with van der Waals surface area (Å²) in [6.07, 6.45) is 0. The van der Waals surface area contributed by atoms with E-state index in [0.717, 1.165) is 39.0 Å². The summed E-state index contributed by atoms with van der Waals surface area (Å²) in [4.78, 5) is 13.1. The minimum Gasteiger partial charge on any atom is -0.228 e. The Morgan fingerprint density at radius 3 is 1.72 bits per heavy atom. The molecule has 1 aliphatic heterocycles. The fourth-order valence-corrected chi connectivity index (χ4v) is 10.2. The molecule has 0 fully saturated rings. The van der Waals surface area contributed by atoms with E-state index in [0.29, 0.717) is 5.82 Å². The molecule has 2 aliphatic rings. The van der Waals surface area contributed by atoms with Crippen LogP contribution in [0.5, 0.6) is 0 Å². The van der Waals surface area contributed by atoms with Crippen LogP contribution >= 0.6 is 11.8 Å². The van der Waals surface area contributed by atoms with Crippen LogP contribution < -0.4 is 0 Å². The van der Waals surface area contributed by atoms with Gasteiger partial charge in [-0.3, -0.25) is 0 Å². The molecule has 54 heavy (non-hydrogen) atoms. The maximum absolute atomic E-state index is 5.40. The molecule has 2 heterocycles. The van der Waals surface area contributed by atoms with Gasteiger partial charge in [-0.25, -0.2) is 9.97 Å². The van der Waals surface area contributed by atoms with Gasteiger partial charge in [0, 0.05) is 26.5 Å². The lowest BCUT2D eigenvalue weighted by Gasteiger charge is -2.40. The third-order valence-electron chi connectivity index (χ3n) is 11.2. The van der Waals surface area contributed by atoms with E-state index < -0.39 is 5.41 Å². The average Bonchev–Trinajstić information content (AvgIpc) is 3.54. The maximum atomic E-state index is 5.40. The van der Waals surface area contributed by atoms with Crippen molar-refractivity contribution in [1.29, 1.82) is 0 Å². The molecule has 11 rings (SSSR count). The van der Waals surface area contributed by atoms with Gasteiger partial charge in [-0.1, -0.05) is 194 Å². The number of fused-ring (bicyclic) bond motifs is 10. The van der Waals surface area contributed by atoms with Crippen molar-refractivity contribution in [2.45, 2.75) is 15.2 Å². The van der Waals surface area contributed by atoms with E-state index >= 15 is 0 Å². The molecular formula is C51H32N2S. The number of aromatic nitrogens is 2. The quantitative estimate of drug-likeness (QED) is 0.182. The van der Waals surface area contributed by atoms with Crippen molar-refractivity contribution in [1.82, 2.24) is 9.97 Å². The molecule has 0 atom stereocenters. The number of hydrogen-bond donors (Lipinski definition) is 0. The normalized spacial score (nSPS) is 13.3. The minimum absolute atomic E-state index is 0.451. The second kappa shape index (κ2) is 12.3. The highest BCUT2D eigenvalue weighted by molar-refractivity contribution is 7.99. The molecular weight excluding hydrogens is 673 g/mol. The standard InChI is InChI=1S/C51H32N2S/c1-3-17-34(18-4-1)45-32-46(53-50(52-45)35-19-5-2-6-20-35)48-36-21-8-7-16-33(36)30-31-39(48)40-24-15-28-44-49(40)54-47-29-14-13-27-43(47)51(44)41-25-11-9-22-37(41)38-23-10-12-26-42(38)51/h1-32H. The van der Waals surface area contributed by atoms with Crippen LogP contribution in [0.2, 0.25) is 0 Å². The van der Waals surface area contributed by atoms with Gasteiger partial charge in [0.25, 0.3) is 0 Å². The maximum Gasteiger partial charge on any atom is 0.160 e. The first-order valence-electron chi connectivity index (χ1n) is 18.4. The summed E-state index contributed by atoms with van der Waals surface area (Å²) >= 11 is 1.89. The smallest absolute Gasteiger partial charge is 0.160 e. The molecule has 1 aliphatic carbocycles. The van der Waals surface area contributed by atoms with Crippen LogP contribution in [-0.4, -0.2) is 9.97 Å². The van der Waals surface area contributed by atoms with Crippen LogP contribution in [0.3, 0.4) is 0 Å². The van der Waals surface area contributed by atoms with Gasteiger partial charge in [-0.15, -0.1) is 0 Å². The Hall–Kier alpha value is -6.55. The third-order valence-corrected chi connectivity index (χ3v) is 12.4. The van der Waals surface area contributed by atoms with Crippen LogP contribution in [0.25, 0.3) is 66.9 Å². The minimum atomic E-state index is -0.451. The lowest BCUT2D eigenvalue weighted by Crippen LogP contribution is -2.32. The molecule has 2 nitrogen and oxygen atoms in total. The number of benzene rings is 8. The van der Waals surface area contributed by atoms with E-state index in [1.807, 2.05) is 17.8 Å². The summed E-state index contributed by atoms with van der Waals surface area (Å²) in [7, 11) is 0. The molecule has 1 aromatic heterocycles. The zero-order chi connectivity index (χ0) is 35.6. The van der Waals surface area contributed by atoms with Gasteiger partial charge < -0.3 is 0 Å². The first-order valence-corrected chi connectivity index (χ1v) is 19.2. The fraction of sp³-hybridized carbons (Fsp3) is 0.0196. The first kappa shape index (κ1) is 31.0. The molecule has 1 spiro atoms. The van der Waals surface area contributed by atoms with Crippen LogP contribution in [-0.2, 0) is 5.41 Å². The highest BCUT2D eigenvalue weighted by atomic mass is 32.2. The van der Waals surface area contributed by atoms with Crippen molar-refractivity contribution in [2.24, 2.45) is 0 Å². The van der Waals surface area contributed by atoms with Crippen molar-refractivity contribution in [3.05, 3.63) is 216 Å². The van der Waals surface area contributed by atoms with Crippen LogP contribution in [0.4, 0.5) is 0 Å². The summed E-state index contributed by atoms with van der Waals surface area (Å²) in [6.45, 7) is 0. The second-order valence-corrected chi connectivity index (χ2v) is 15.1. The molecule has 0 unspecified atom stereocenters. The molecule has 0 N–H and O–H groups in total. The van der Waals surface area contributed by atoms with E-state index in [1.54, 1.807) is 0 Å². The van der Waals surface area contributed by atoms with Crippen molar-refractivity contribution in [3.8, 4) is 56.2 Å². The molecule has 8 aromatic carbocycles. The zero-order valence-corrected chi connectivity index (χ0v) is 30.1. The lowest BCUT2D eigenvalue weighted by atomic mass is 9.67. The predicted molar refractivity (Wildman–Crippen MR) is 223 cm³/mol. The molecule has 3 heteroatoms. The highest BCUT2D eigenvalue weighted by Crippen LogP contribution is 2.63. The Bertz CT molecular complexity index is 2810. The average molecular weight is 705 g/mol. The largest absolute Gasteiger partial charge is 0.228 e. The summed E-state index contributed by atoms with van der Waals surface area (Å²) in [5.41, 5.74) is 14.8. The summed E-state index contributed by atoms with van der Waals surface area (Å²) < 4.78 is 0. The highest BCUT2D eigenvalue weighted by Gasteiger charge is 2.50. The molecule has 0 saturated carbocycles. The van der Waals surface area contributed by atoms with Crippen molar-refractivity contribution < 1.29 is 0 Å². The summed E-state index contributed by atoms with van der Waals surface area (Å²) in [5, 5.41) is 2.34. The first-order chi connectivity index (χ1) is 26.8. The van der Waals surface area contributed by atoms with Gasteiger partial charge >= 0.3 is 0 Å². The lowest BCUT2D eigenvalue weighted by molar-refractivity contribution is 0.723. The zero-order valence-electron chi connectivity index (χ0n) is 29.3. The molecule has 0 amide bonds. The Kier molecular flexibility index (Phi) is 7.05. The van der Waals surface area contributed by atoms with E-state index in [4.69, 9.17) is 9.97 Å². The number of nitrogens with zero attached hydrogens (tertiary/aromatic N) is 2. The third kappa shape index (κ3) is 4.55. The molecule has 0 bridgehead atoms. The van der Waals surface area contributed by atoms with Crippen molar-refractivity contribution in [3.63, 3.8) is 0 Å². The van der Waals surface area contributed by atoms with Gasteiger partial charge in [0.1, 0.15) is 0 Å². The SMILES string of the molecule is c1ccc(-c2cc(-c3c(-c4cccc5c4Sc4ccccc4C54c5ccccc5-c5ccccc54)ccc4ccccc34)nc(-c3ccccc3)n2)cc1. The van der Waals surface area contributed by atoms with E-state index in [2.05, 4.69) is 188 Å². The van der Waals surface area contributed by atoms with Crippen molar-refractivity contribution in [2.75, 3.05) is 0 Å². The Balaban J connectivity index is 1.23. The number of hydrogen-bond acceptors (Lipinski definition) is 3. The van der Waals surface area contributed by atoms with E-state index in [1.165, 1.54) is 54.1 Å². The molecule has 252 valence electrons. The monoisotopic (exact) mass is 704 g/mol. The van der Waals surface area contributed by atoms with Gasteiger partial charge in [0.05, 0.1) is 16.8 Å². The van der Waals surface area contributed by atoms with Crippen LogP contribution in [0, 0.1) is 0 Å². The van der Waals surface area contributed by atoms with Gasteiger partial charge in [-0.2, -0.15) is 0 Å². The Labute approximate surface area is 318 Å². The van der Waals surface area contributed by atoms with E-state index in [-0.39, 0.29) is 0 Å². The topological polar surface area (TPSA) is 25.8 Å². The van der Waals surface area contributed by atoms with Gasteiger partial charge in [0.15, 0.2) is 5.82 Å². The van der Waals surface area contributed by atoms with Crippen LogP contribution in [0.15, 0.2) is 204 Å². The predicted octanol–water partition coefficient (Wildman–Crippen LogP) is 13.1. The Morgan fingerprint density at radius 1 is 0.389 bits per heavy atom. The van der Waals surface area contributed by atoms with Crippen molar-refractivity contribution >= 4 is 22.5 Å². The summed E-state index contributed by atoms with van der Waals surface area (Å²) in [6, 6.07) is 70.2. The number of rotatable bonds is 4. The molecule has 9 aromatic rings. The van der Waals surface area contributed by atoms with Crippen LogP contribution in [0.1, 0.15) is 22.3 Å². The van der Waals surface area contributed by atoms with E-state index in [9.17, 15) is 0 Å². The fourth-order valence-electron chi connectivity index (χ4n) is 8.91. The molecule has 0 radical (unpaired) electrons.